The van der Waals surface area contributed by atoms with Gasteiger partial charge in [-0.05, 0) is 34.1 Å². The van der Waals surface area contributed by atoms with Crippen molar-refractivity contribution in [1.29, 1.82) is 0 Å². The second kappa shape index (κ2) is 5.32. The van der Waals surface area contributed by atoms with Gasteiger partial charge in [-0.3, -0.25) is 0 Å². The first-order chi connectivity index (χ1) is 7.04. The molecule has 0 heterocycles. The molecule has 1 aromatic rings. The number of halogens is 3. The van der Waals surface area contributed by atoms with Crippen molar-refractivity contribution in [3.63, 3.8) is 0 Å². The van der Waals surface area contributed by atoms with Gasteiger partial charge in [0, 0.05) is 5.02 Å². The summed E-state index contributed by atoms with van der Waals surface area (Å²) in [4.78, 5) is 10.5. The molecule has 0 aliphatic heterocycles. The van der Waals surface area contributed by atoms with E-state index in [4.69, 9.17) is 21.4 Å². The number of carboxylic acids is 1. The van der Waals surface area contributed by atoms with Crippen LogP contribution >= 0.6 is 27.5 Å². The molecule has 15 heavy (non-hydrogen) atoms. The van der Waals surface area contributed by atoms with E-state index in [0.29, 0.717) is 9.50 Å². The number of aliphatic carboxylic acids is 1. The topological polar surface area (TPSA) is 46.5 Å². The highest BCUT2D eigenvalue weighted by molar-refractivity contribution is 9.10. The molecule has 0 amide bonds. The van der Waals surface area contributed by atoms with Gasteiger partial charge in [-0.25, -0.2) is 9.18 Å². The molecular formula is C9H7BrClFO3. The van der Waals surface area contributed by atoms with Crippen molar-refractivity contribution in [2.75, 3.05) is 6.67 Å². The van der Waals surface area contributed by atoms with E-state index >= 15 is 0 Å². The normalized spacial score (nSPS) is 12.2. The number of carboxylic acid groups (broad SMARTS) is 1. The van der Waals surface area contributed by atoms with Crippen molar-refractivity contribution in [2.45, 2.75) is 6.10 Å². The van der Waals surface area contributed by atoms with E-state index < -0.39 is 18.7 Å². The van der Waals surface area contributed by atoms with Crippen molar-refractivity contribution >= 4 is 33.5 Å². The Bertz CT molecular complexity index is 372. The monoisotopic (exact) mass is 296 g/mol. The summed E-state index contributed by atoms with van der Waals surface area (Å²) in [6.07, 6.45) is -1.50. The van der Waals surface area contributed by atoms with Crippen molar-refractivity contribution in [3.05, 3.63) is 27.7 Å². The Hall–Kier alpha value is -0.810. The van der Waals surface area contributed by atoms with Gasteiger partial charge in [-0.1, -0.05) is 11.6 Å². The predicted octanol–water partition coefficient (Wildman–Crippen LogP) is 2.90. The maximum absolute atomic E-state index is 12.3. The SMILES string of the molecule is O=C(O)C(CF)Oc1ccc(Cl)cc1Br. The molecule has 0 aliphatic rings. The van der Waals surface area contributed by atoms with Crippen LogP contribution in [0.15, 0.2) is 22.7 Å². The van der Waals surface area contributed by atoms with Crippen LogP contribution in [0.2, 0.25) is 5.02 Å². The van der Waals surface area contributed by atoms with Crippen LogP contribution in [0.4, 0.5) is 4.39 Å². The van der Waals surface area contributed by atoms with E-state index in [-0.39, 0.29) is 5.75 Å². The Balaban J connectivity index is 2.84. The number of ether oxygens (including phenoxy) is 1. The van der Waals surface area contributed by atoms with Gasteiger partial charge in [-0.15, -0.1) is 0 Å². The van der Waals surface area contributed by atoms with E-state index in [0.717, 1.165) is 0 Å². The number of hydrogen-bond acceptors (Lipinski definition) is 2. The fraction of sp³-hybridized carbons (Fsp3) is 0.222. The van der Waals surface area contributed by atoms with Crippen LogP contribution in [0.1, 0.15) is 0 Å². The molecule has 82 valence electrons. The molecule has 0 aliphatic carbocycles. The lowest BCUT2D eigenvalue weighted by molar-refractivity contribution is -0.145. The lowest BCUT2D eigenvalue weighted by Crippen LogP contribution is -2.29. The smallest absolute Gasteiger partial charge is 0.347 e. The number of hydrogen-bond donors (Lipinski definition) is 1. The number of benzene rings is 1. The first kappa shape index (κ1) is 12.3. The van der Waals surface area contributed by atoms with Gasteiger partial charge in [-0.2, -0.15) is 0 Å². The first-order valence-corrected chi connectivity index (χ1v) is 5.12. The van der Waals surface area contributed by atoms with E-state index in [1.165, 1.54) is 18.2 Å². The highest BCUT2D eigenvalue weighted by Crippen LogP contribution is 2.28. The zero-order valence-corrected chi connectivity index (χ0v) is 9.76. The zero-order chi connectivity index (χ0) is 11.4. The van der Waals surface area contributed by atoms with Crippen LogP contribution in [0.3, 0.4) is 0 Å². The van der Waals surface area contributed by atoms with Crippen LogP contribution in [0.5, 0.6) is 5.75 Å². The maximum Gasteiger partial charge on any atom is 0.347 e. The minimum atomic E-state index is -1.50. The van der Waals surface area contributed by atoms with Crippen LogP contribution < -0.4 is 4.74 Å². The zero-order valence-electron chi connectivity index (χ0n) is 7.41. The van der Waals surface area contributed by atoms with Crippen LogP contribution in [-0.4, -0.2) is 23.9 Å². The third-order valence-corrected chi connectivity index (χ3v) is 2.43. The first-order valence-electron chi connectivity index (χ1n) is 3.95. The van der Waals surface area contributed by atoms with E-state index in [9.17, 15) is 9.18 Å². The van der Waals surface area contributed by atoms with E-state index in [1.54, 1.807) is 0 Å². The van der Waals surface area contributed by atoms with Crippen LogP contribution in [-0.2, 0) is 4.79 Å². The number of carbonyl (C=O) groups is 1. The Morgan fingerprint density at radius 2 is 2.33 bits per heavy atom. The van der Waals surface area contributed by atoms with Crippen molar-refractivity contribution in [3.8, 4) is 5.75 Å². The third-order valence-electron chi connectivity index (χ3n) is 1.58. The van der Waals surface area contributed by atoms with Crippen molar-refractivity contribution < 1.29 is 19.0 Å². The molecule has 3 nitrogen and oxygen atoms in total. The Labute approximate surface area is 98.9 Å². The summed E-state index contributed by atoms with van der Waals surface area (Å²) in [6.45, 7) is -1.09. The standard InChI is InChI=1S/C9H7BrClFO3/c10-6-3-5(11)1-2-7(6)15-8(4-12)9(13)14/h1-3,8H,4H2,(H,13,14). The molecule has 0 fully saturated rings. The second-order valence-electron chi connectivity index (χ2n) is 2.67. The minimum Gasteiger partial charge on any atom is -0.478 e. The molecule has 0 bridgehead atoms. The molecule has 0 spiro atoms. The van der Waals surface area contributed by atoms with E-state index in [1.807, 2.05) is 0 Å². The van der Waals surface area contributed by atoms with Crippen LogP contribution in [0, 0.1) is 0 Å². The molecule has 0 saturated heterocycles. The van der Waals surface area contributed by atoms with Gasteiger partial charge in [0.05, 0.1) is 4.47 Å². The lowest BCUT2D eigenvalue weighted by atomic mass is 10.3. The van der Waals surface area contributed by atoms with Gasteiger partial charge in [0.2, 0.25) is 6.10 Å². The molecule has 6 heteroatoms. The summed E-state index contributed by atoms with van der Waals surface area (Å²) in [5.74, 6) is -1.11. The maximum atomic E-state index is 12.3. The predicted molar refractivity (Wildman–Crippen MR) is 57.2 cm³/mol. The molecule has 1 rings (SSSR count). The molecule has 0 radical (unpaired) electrons. The molecule has 1 unspecified atom stereocenters. The summed E-state index contributed by atoms with van der Waals surface area (Å²) < 4.78 is 17.7. The minimum absolute atomic E-state index is 0.240. The Kier molecular flexibility index (Phi) is 4.35. The molecule has 1 N–H and O–H groups in total. The third kappa shape index (κ3) is 3.35. The molecule has 0 aromatic heterocycles. The van der Waals surface area contributed by atoms with Gasteiger partial charge < -0.3 is 9.84 Å². The van der Waals surface area contributed by atoms with E-state index in [2.05, 4.69) is 15.9 Å². The number of rotatable bonds is 4. The fourth-order valence-corrected chi connectivity index (χ4v) is 1.65. The summed E-state index contributed by atoms with van der Waals surface area (Å²) in [7, 11) is 0. The van der Waals surface area contributed by atoms with Gasteiger partial charge in [0.1, 0.15) is 12.4 Å². The summed E-state index contributed by atoms with van der Waals surface area (Å²) >= 11 is 8.80. The van der Waals surface area contributed by atoms with Gasteiger partial charge in [0.25, 0.3) is 0 Å². The van der Waals surface area contributed by atoms with Crippen LogP contribution in [0.25, 0.3) is 0 Å². The molecule has 1 atom stereocenters. The van der Waals surface area contributed by atoms with Gasteiger partial charge >= 0.3 is 5.97 Å². The summed E-state index contributed by atoms with van der Waals surface area (Å²) in [5, 5.41) is 9.05. The second-order valence-corrected chi connectivity index (χ2v) is 3.96. The molecule has 1 aromatic carbocycles. The van der Waals surface area contributed by atoms with Gasteiger partial charge in [0.15, 0.2) is 0 Å². The Morgan fingerprint density at radius 3 is 2.80 bits per heavy atom. The quantitative estimate of drug-likeness (QED) is 0.929. The fourth-order valence-electron chi connectivity index (χ4n) is 0.872. The average molecular weight is 298 g/mol. The number of alkyl halides is 1. The molecule has 0 saturated carbocycles. The Morgan fingerprint density at radius 1 is 1.67 bits per heavy atom. The van der Waals surface area contributed by atoms with Crippen molar-refractivity contribution in [2.24, 2.45) is 0 Å². The highest BCUT2D eigenvalue weighted by Gasteiger charge is 2.20. The highest BCUT2D eigenvalue weighted by atomic mass is 79.9. The molecular weight excluding hydrogens is 290 g/mol. The summed E-state index contributed by atoms with van der Waals surface area (Å²) in [5.41, 5.74) is 0. The summed E-state index contributed by atoms with van der Waals surface area (Å²) in [6, 6.07) is 4.53. The van der Waals surface area contributed by atoms with Crippen molar-refractivity contribution in [1.82, 2.24) is 0 Å². The largest absolute Gasteiger partial charge is 0.478 e. The lowest BCUT2D eigenvalue weighted by Gasteiger charge is -2.12. The average Bonchev–Trinajstić information content (AvgIpc) is 2.16.